The van der Waals surface area contributed by atoms with E-state index in [1.54, 1.807) is 6.92 Å². The van der Waals surface area contributed by atoms with Crippen LogP contribution in [0.1, 0.15) is 24.5 Å². The minimum absolute atomic E-state index is 0.149. The van der Waals surface area contributed by atoms with Crippen LogP contribution >= 0.6 is 12.2 Å². The van der Waals surface area contributed by atoms with E-state index in [9.17, 15) is 4.79 Å². The zero-order chi connectivity index (χ0) is 11.4. The van der Waals surface area contributed by atoms with E-state index in [4.69, 9.17) is 18.0 Å². The Labute approximate surface area is 95.5 Å². The summed E-state index contributed by atoms with van der Waals surface area (Å²) >= 11 is 4.90. The Morgan fingerprint density at radius 2 is 2.13 bits per heavy atom. The maximum atomic E-state index is 11.6. The summed E-state index contributed by atoms with van der Waals surface area (Å²) < 4.78 is 0. The summed E-state index contributed by atoms with van der Waals surface area (Å²) in [6.07, 6.45) is 0.800. The number of rotatable bonds is 4. The summed E-state index contributed by atoms with van der Waals surface area (Å²) in [5.74, 6) is 0.149. The van der Waals surface area contributed by atoms with E-state index in [-0.39, 0.29) is 5.78 Å². The van der Waals surface area contributed by atoms with E-state index < -0.39 is 0 Å². The summed E-state index contributed by atoms with van der Waals surface area (Å²) in [6, 6.07) is 5.63. The third kappa shape index (κ3) is 3.80. The average molecular weight is 221 g/mol. The third-order valence-corrected chi connectivity index (χ3v) is 2.35. The van der Waals surface area contributed by atoms with Gasteiger partial charge in [-0.15, -0.1) is 0 Å². The Bertz CT molecular complexity index is 399. The van der Waals surface area contributed by atoms with Crippen molar-refractivity contribution < 1.29 is 4.79 Å². The molecule has 0 radical (unpaired) electrons. The van der Waals surface area contributed by atoms with Crippen molar-refractivity contribution >= 4 is 28.6 Å². The minimum Gasteiger partial charge on any atom is -0.399 e. The summed E-state index contributed by atoms with van der Waals surface area (Å²) in [5.41, 5.74) is 8.46. The van der Waals surface area contributed by atoms with Crippen LogP contribution in [-0.4, -0.2) is 10.6 Å². The Hall–Kier alpha value is -1.22. The van der Waals surface area contributed by atoms with Crippen LogP contribution in [0.2, 0.25) is 0 Å². The third-order valence-electron chi connectivity index (χ3n) is 2.21. The minimum atomic E-state index is 0.149. The SMILES string of the molecule is CC(=S)CC(=O)Cc1cc(N)ccc1C. The number of anilines is 1. The molecule has 0 aliphatic heterocycles. The molecule has 80 valence electrons. The molecule has 0 aromatic heterocycles. The zero-order valence-electron chi connectivity index (χ0n) is 9.04. The number of ketones is 1. The van der Waals surface area contributed by atoms with Gasteiger partial charge in [0.1, 0.15) is 5.78 Å². The van der Waals surface area contributed by atoms with Crippen molar-refractivity contribution in [2.75, 3.05) is 5.73 Å². The summed E-state index contributed by atoms with van der Waals surface area (Å²) in [7, 11) is 0. The van der Waals surface area contributed by atoms with Crippen LogP contribution in [0.25, 0.3) is 0 Å². The van der Waals surface area contributed by atoms with E-state index in [2.05, 4.69) is 0 Å². The van der Waals surface area contributed by atoms with Crippen molar-refractivity contribution in [2.45, 2.75) is 26.7 Å². The van der Waals surface area contributed by atoms with E-state index in [1.165, 1.54) is 0 Å². The largest absolute Gasteiger partial charge is 0.399 e. The van der Waals surface area contributed by atoms with Crippen LogP contribution < -0.4 is 5.73 Å². The Morgan fingerprint density at radius 1 is 1.47 bits per heavy atom. The van der Waals surface area contributed by atoms with Crippen molar-refractivity contribution in [1.29, 1.82) is 0 Å². The molecule has 0 aliphatic carbocycles. The first kappa shape index (κ1) is 11.9. The number of nitrogen functional groups attached to an aromatic ring is 1. The second-order valence-corrected chi connectivity index (χ2v) is 4.48. The number of thiocarbonyl (C=S) groups is 1. The molecule has 0 heterocycles. The molecule has 3 heteroatoms. The number of carbonyl (C=O) groups is 1. The number of hydrogen-bond donors (Lipinski definition) is 1. The summed E-state index contributed by atoms with van der Waals surface area (Å²) in [6.45, 7) is 3.77. The predicted molar refractivity (Wildman–Crippen MR) is 67.2 cm³/mol. The van der Waals surface area contributed by atoms with Crippen LogP contribution in [0.5, 0.6) is 0 Å². The number of aryl methyl sites for hydroxylation is 1. The fourth-order valence-corrected chi connectivity index (χ4v) is 1.60. The number of benzene rings is 1. The Kier molecular flexibility index (Phi) is 3.97. The lowest BCUT2D eigenvalue weighted by Crippen LogP contribution is -2.07. The van der Waals surface area contributed by atoms with Gasteiger partial charge >= 0.3 is 0 Å². The molecule has 0 aliphatic rings. The van der Waals surface area contributed by atoms with E-state index >= 15 is 0 Å². The monoisotopic (exact) mass is 221 g/mol. The smallest absolute Gasteiger partial charge is 0.142 e. The lowest BCUT2D eigenvalue weighted by molar-refractivity contribution is -0.117. The Morgan fingerprint density at radius 3 is 2.73 bits per heavy atom. The molecule has 1 aromatic rings. The van der Waals surface area contributed by atoms with Crippen LogP contribution in [0, 0.1) is 6.92 Å². The molecule has 0 saturated heterocycles. The molecule has 1 rings (SSSR count). The average Bonchev–Trinajstić information content (AvgIpc) is 2.10. The molecule has 2 N–H and O–H groups in total. The number of nitrogens with two attached hydrogens (primary N) is 1. The van der Waals surface area contributed by atoms with Gasteiger partial charge in [-0.3, -0.25) is 4.79 Å². The van der Waals surface area contributed by atoms with Crippen molar-refractivity contribution in [2.24, 2.45) is 0 Å². The molecule has 0 unspecified atom stereocenters. The molecule has 0 atom stereocenters. The Balaban J connectivity index is 2.76. The highest BCUT2D eigenvalue weighted by atomic mass is 32.1. The van der Waals surface area contributed by atoms with Crippen molar-refractivity contribution in [3.8, 4) is 0 Å². The van der Waals surface area contributed by atoms with Crippen molar-refractivity contribution in [3.63, 3.8) is 0 Å². The van der Waals surface area contributed by atoms with Gasteiger partial charge in [-0.05, 0) is 42.0 Å². The second kappa shape index (κ2) is 5.03. The predicted octanol–water partition coefficient (Wildman–Crippen LogP) is 2.47. The molecule has 0 bridgehead atoms. The normalized spacial score (nSPS) is 10.0. The van der Waals surface area contributed by atoms with Gasteiger partial charge in [0.15, 0.2) is 0 Å². The highest BCUT2D eigenvalue weighted by Crippen LogP contribution is 2.14. The molecule has 0 saturated carbocycles. The van der Waals surface area contributed by atoms with Gasteiger partial charge in [0.2, 0.25) is 0 Å². The maximum Gasteiger partial charge on any atom is 0.142 e. The molecule has 0 spiro atoms. The number of Topliss-reactive ketones (excluding diaryl/α,β-unsaturated/α-hetero) is 1. The lowest BCUT2D eigenvalue weighted by atomic mass is 10.0. The fourth-order valence-electron chi connectivity index (χ4n) is 1.43. The highest BCUT2D eigenvalue weighted by Gasteiger charge is 2.07. The van der Waals surface area contributed by atoms with Crippen LogP contribution in [-0.2, 0) is 11.2 Å². The van der Waals surface area contributed by atoms with Gasteiger partial charge in [-0.25, -0.2) is 0 Å². The second-order valence-electron chi connectivity index (χ2n) is 3.78. The molecule has 0 fully saturated rings. The first-order valence-electron chi connectivity index (χ1n) is 4.85. The number of hydrogen-bond acceptors (Lipinski definition) is 3. The standard InChI is InChI=1S/C12H15NOS/c1-8-3-4-11(13)6-10(8)7-12(14)5-9(2)15/h3-4,6H,5,7,13H2,1-2H3. The van der Waals surface area contributed by atoms with Crippen LogP contribution in [0.3, 0.4) is 0 Å². The van der Waals surface area contributed by atoms with Gasteiger partial charge in [-0.1, -0.05) is 18.3 Å². The van der Waals surface area contributed by atoms with E-state index in [0.717, 1.165) is 16.0 Å². The quantitative estimate of drug-likeness (QED) is 0.627. The lowest BCUT2D eigenvalue weighted by Gasteiger charge is -2.05. The molecule has 1 aromatic carbocycles. The van der Waals surface area contributed by atoms with Crippen LogP contribution in [0.4, 0.5) is 5.69 Å². The van der Waals surface area contributed by atoms with Gasteiger partial charge in [0, 0.05) is 18.5 Å². The number of carbonyl (C=O) groups excluding carboxylic acids is 1. The van der Waals surface area contributed by atoms with Gasteiger partial charge in [0.25, 0.3) is 0 Å². The van der Waals surface area contributed by atoms with Crippen LogP contribution in [0.15, 0.2) is 18.2 Å². The first-order chi connectivity index (χ1) is 6.99. The van der Waals surface area contributed by atoms with Gasteiger partial charge in [-0.2, -0.15) is 0 Å². The van der Waals surface area contributed by atoms with Crippen molar-refractivity contribution in [3.05, 3.63) is 29.3 Å². The first-order valence-corrected chi connectivity index (χ1v) is 5.26. The van der Waals surface area contributed by atoms with Gasteiger partial charge < -0.3 is 5.73 Å². The molecule has 15 heavy (non-hydrogen) atoms. The summed E-state index contributed by atoms with van der Waals surface area (Å²) in [4.78, 5) is 12.3. The van der Waals surface area contributed by atoms with E-state index in [1.807, 2.05) is 25.1 Å². The van der Waals surface area contributed by atoms with E-state index in [0.29, 0.717) is 18.5 Å². The van der Waals surface area contributed by atoms with Crippen molar-refractivity contribution in [1.82, 2.24) is 0 Å². The highest BCUT2D eigenvalue weighted by molar-refractivity contribution is 7.80. The molecular weight excluding hydrogens is 206 g/mol. The molecule has 2 nitrogen and oxygen atoms in total. The summed E-state index contributed by atoms with van der Waals surface area (Å²) in [5, 5.41) is 0. The molecular formula is C12H15NOS. The topological polar surface area (TPSA) is 43.1 Å². The zero-order valence-corrected chi connectivity index (χ0v) is 9.86. The molecule has 0 amide bonds. The van der Waals surface area contributed by atoms with Gasteiger partial charge in [0.05, 0.1) is 0 Å². The maximum absolute atomic E-state index is 11.6. The fraction of sp³-hybridized carbons (Fsp3) is 0.333.